The van der Waals surface area contributed by atoms with Crippen LogP contribution in [0.15, 0.2) is 57.1 Å². The highest BCUT2D eigenvalue weighted by Gasteiger charge is 2.31. The van der Waals surface area contributed by atoms with E-state index in [1.54, 1.807) is 52.7 Å². The van der Waals surface area contributed by atoms with E-state index in [-0.39, 0.29) is 11.4 Å². The number of fused-ring (bicyclic) bond motifs is 1. The molecule has 3 aromatic rings. The smallest absolute Gasteiger partial charge is 0.237 e. The number of sulfonamides is 1. The van der Waals surface area contributed by atoms with E-state index in [4.69, 9.17) is 0 Å². The van der Waals surface area contributed by atoms with Crippen molar-refractivity contribution in [3.05, 3.63) is 59.2 Å². The summed E-state index contributed by atoms with van der Waals surface area (Å²) in [6.45, 7) is 0.650. The molecule has 2 aromatic heterocycles. The number of rotatable bonds is 4. The lowest BCUT2D eigenvalue weighted by Crippen LogP contribution is -2.35. The largest absolute Gasteiger partial charge is 0.252 e. The fraction of sp³-hybridized carbons (Fsp3) is 0.235. The van der Waals surface area contributed by atoms with Crippen LogP contribution in [-0.4, -0.2) is 43.7 Å². The quantitative estimate of drug-likeness (QED) is 0.641. The third-order valence-electron chi connectivity index (χ3n) is 4.50. The summed E-state index contributed by atoms with van der Waals surface area (Å²) in [6.07, 6.45) is 3.38. The van der Waals surface area contributed by atoms with Crippen LogP contribution in [-0.2, 0) is 32.8 Å². The summed E-state index contributed by atoms with van der Waals surface area (Å²) in [6, 6.07) is 9.86. The molecule has 0 aliphatic carbocycles. The minimum atomic E-state index is -3.49. The molecule has 0 fully saturated rings. The molecule has 27 heavy (non-hydrogen) atoms. The van der Waals surface area contributed by atoms with Gasteiger partial charge >= 0.3 is 0 Å². The van der Waals surface area contributed by atoms with E-state index in [2.05, 4.69) is 5.10 Å². The van der Waals surface area contributed by atoms with Crippen molar-refractivity contribution in [1.29, 1.82) is 0 Å². The average Bonchev–Trinajstić information content (AvgIpc) is 3.31. The van der Waals surface area contributed by atoms with Crippen LogP contribution in [0.2, 0.25) is 0 Å². The van der Waals surface area contributed by atoms with Gasteiger partial charge in [-0.2, -0.15) is 9.40 Å². The maximum atomic E-state index is 12.7. The highest BCUT2D eigenvalue weighted by Crippen LogP contribution is 2.28. The second kappa shape index (κ2) is 6.55. The molecule has 142 valence electrons. The van der Waals surface area contributed by atoms with Gasteiger partial charge in [0.25, 0.3) is 10.0 Å². The maximum absolute atomic E-state index is 12.7. The average molecular weight is 424 g/mol. The first-order chi connectivity index (χ1) is 12.8. The summed E-state index contributed by atoms with van der Waals surface area (Å²) in [4.78, 5) is 0.250. The number of aromatic nitrogens is 2. The summed E-state index contributed by atoms with van der Waals surface area (Å²) in [7, 11) is -6.74. The second-order valence-corrected chi connectivity index (χ2v) is 11.4. The second-order valence-electron chi connectivity index (χ2n) is 6.32. The SMILES string of the molecule is CS(=O)(=O)c1ccc(-n2ncc3c2CCN(S(=O)(=O)c2cccs2)C3)cc1. The molecule has 1 aliphatic heterocycles. The highest BCUT2D eigenvalue weighted by atomic mass is 32.2. The molecule has 0 spiro atoms. The normalized spacial score (nSPS) is 15.6. The Morgan fingerprint density at radius 1 is 1.07 bits per heavy atom. The third kappa shape index (κ3) is 3.33. The zero-order valence-electron chi connectivity index (χ0n) is 14.4. The van der Waals surface area contributed by atoms with Gasteiger partial charge in [0.15, 0.2) is 9.84 Å². The van der Waals surface area contributed by atoms with Gasteiger partial charge in [-0.1, -0.05) is 6.07 Å². The first kappa shape index (κ1) is 18.4. The molecule has 0 radical (unpaired) electrons. The van der Waals surface area contributed by atoms with Crippen LogP contribution < -0.4 is 0 Å². The molecule has 0 unspecified atom stereocenters. The van der Waals surface area contributed by atoms with Crippen LogP contribution in [0.1, 0.15) is 11.3 Å². The van der Waals surface area contributed by atoms with Gasteiger partial charge in [-0.3, -0.25) is 0 Å². The van der Waals surface area contributed by atoms with E-state index >= 15 is 0 Å². The number of sulfone groups is 1. The van der Waals surface area contributed by atoms with Crippen LogP contribution in [0, 0.1) is 0 Å². The van der Waals surface area contributed by atoms with Gasteiger partial charge in [-0.05, 0) is 35.7 Å². The molecule has 7 nitrogen and oxygen atoms in total. The standard InChI is InChI=1S/C17H17N3O4S3/c1-26(21,22)15-6-4-14(5-7-15)20-16-8-9-19(12-13(16)11-18-20)27(23,24)17-3-2-10-25-17/h2-7,10-11H,8-9,12H2,1H3. The third-order valence-corrected chi connectivity index (χ3v) is 8.85. The summed E-state index contributed by atoms with van der Waals surface area (Å²) < 4.78 is 52.2. The van der Waals surface area contributed by atoms with Crippen molar-refractivity contribution in [1.82, 2.24) is 14.1 Å². The molecule has 0 amide bonds. The summed E-state index contributed by atoms with van der Waals surface area (Å²) in [5.74, 6) is 0. The Bertz CT molecular complexity index is 1180. The molecule has 3 heterocycles. The zero-order valence-corrected chi connectivity index (χ0v) is 16.9. The molecule has 0 atom stereocenters. The topological polar surface area (TPSA) is 89.3 Å². The van der Waals surface area contributed by atoms with Crippen LogP contribution in [0.4, 0.5) is 0 Å². The fourth-order valence-electron chi connectivity index (χ4n) is 3.11. The molecule has 0 N–H and O–H groups in total. The van der Waals surface area contributed by atoms with Crippen LogP contribution in [0.3, 0.4) is 0 Å². The Balaban J connectivity index is 1.63. The molecular weight excluding hydrogens is 406 g/mol. The first-order valence-corrected chi connectivity index (χ1v) is 12.4. The van der Waals surface area contributed by atoms with E-state index in [9.17, 15) is 16.8 Å². The molecule has 1 aliphatic rings. The van der Waals surface area contributed by atoms with E-state index in [1.165, 1.54) is 21.9 Å². The van der Waals surface area contributed by atoms with Crippen molar-refractivity contribution in [3.8, 4) is 5.69 Å². The van der Waals surface area contributed by atoms with E-state index in [1.807, 2.05) is 0 Å². The van der Waals surface area contributed by atoms with Crippen LogP contribution in [0.5, 0.6) is 0 Å². The van der Waals surface area contributed by atoms with Gasteiger partial charge in [0.05, 0.1) is 22.5 Å². The summed E-state index contributed by atoms with van der Waals surface area (Å²) in [5, 5.41) is 6.14. The van der Waals surface area contributed by atoms with E-state index in [0.29, 0.717) is 17.2 Å². The lowest BCUT2D eigenvalue weighted by atomic mass is 10.1. The van der Waals surface area contributed by atoms with Crippen molar-refractivity contribution in [3.63, 3.8) is 0 Å². The van der Waals surface area contributed by atoms with Gasteiger partial charge < -0.3 is 0 Å². The number of hydrogen-bond donors (Lipinski definition) is 0. The zero-order chi connectivity index (χ0) is 19.2. The lowest BCUT2D eigenvalue weighted by Gasteiger charge is -2.26. The monoisotopic (exact) mass is 423 g/mol. The van der Waals surface area contributed by atoms with E-state index < -0.39 is 19.9 Å². The minimum Gasteiger partial charge on any atom is -0.237 e. The van der Waals surface area contributed by atoms with Crippen LogP contribution >= 0.6 is 11.3 Å². The molecule has 10 heteroatoms. The van der Waals surface area contributed by atoms with Gasteiger partial charge in [0.1, 0.15) is 4.21 Å². The number of thiophene rings is 1. The van der Waals surface area contributed by atoms with Gasteiger partial charge in [-0.15, -0.1) is 11.3 Å². The molecule has 0 saturated heterocycles. The summed E-state index contributed by atoms with van der Waals surface area (Å²) in [5.41, 5.74) is 2.55. The first-order valence-electron chi connectivity index (χ1n) is 8.17. The van der Waals surface area contributed by atoms with Crippen molar-refractivity contribution < 1.29 is 16.8 Å². The maximum Gasteiger partial charge on any atom is 0.252 e. The van der Waals surface area contributed by atoms with Crippen molar-refractivity contribution in [2.24, 2.45) is 0 Å². The Morgan fingerprint density at radius 3 is 2.44 bits per heavy atom. The Morgan fingerprint density at radius 2 is 1.81 bits per heavy atom. The molecular formula is C17H17N3O4S3. The molecule has 0 saturated carbocycles. The lowest BCUT2D eigenvalue weighted by molar-refractivity contribution is 0.389. The van der Waals surface area contributed by atoms with Crippen molar-refractivity contribution >= 4 is 31.2 Å². The predicted molar refractivity (Wildman–Crippen MR) is 102 cm³/mol. The molecule has 4 rings (SSSR count). The van der Waals surface area contributed by atoms with Crippen LogP contribution in [0.25, 0.3) is 5.69 Å². The van der Waals surface area contributed by atoms with Crippen molar-refractivity contribution in [2.75, 3.05) is 12.8 Å². The number of nitrogens with zero attached hydrogens (tertiary/aromatic N) is 3. The molecule has 0 bridgehead atoms. The van der Waals surface area contributed by atoms with Gasteiger partial charge in [0, 0.05) is 31.3 Å². The van der Waals surface area contributed by atoms with E-state index in [0.717, 1.165) is 16.9 Å². The highest BCUT2D eigenvalue weighted by molar-refractivity contribution is 7.91. The van der Waals surface area contributed by atoms with Gasteiger partial charge in [-0.25, -0.2) is 21.5 Å². The molecule has 1 aromatic carbocycles. The summed E-state index contributed by atoms with van der Waals surface area (Å²) >= 11 is 1.21. The Kier molecular flexibility index (Phi) is 4.46. The minimum absolute atomic E-state index is 0.250. The Hall–Kier alpha value is -2.01. The number of benzene rings is 1. The fourth-order valence-corrected chi connectivity index (χ4v) is 6.30. The number of hydrogen-bond acceptors (Lipinski definition) is 6. The Labute approximate surface area is 161 Å². The van der Waals surface area contributed by atoms with Crippen molar-refractivity contribution in [2.45, 2.75) is 22.1 Å². The predicted octanol–water partition coefficient (Wildman–Crippen LogP) is 2.08. The van der Waals surface area contributed by atoms with Gasteiger partial charge in [0.2, 0.25) is 0 Å².